The molecule has 0 atom stereocenters. The maximum atomic E-state index is 13.4. The summed E-state index contributed by atoms with van der Waals surface area (Å²) < 4.78 is 13.4. The SMILES string of the molecule is O=C(NC1CCN(c2ccccc2C(=O)NCc2ccccc2)CC1)c1cccc(F)c1. The van der Waals surface area contributed by atoms with Crippen molar-refractivity contribution in [2.45, 2.75) is 25.4 Å². The molecule has 0 saturated carbocycles. The standard InChI is InChI=1S/C26H26FN3O2/c27-21-10-6-9-20(17-21)25(31)29-22-13-15-30(16-14-22)24-12-5-4-11-23(24)26(32)28-18-19-7-2-1-3-8-19/h1-12,17,22H,13-16,18H2,(H,28,32)(H,29,31). The Labute approximate surface area is 187 Å². The summed E-state index contributed by atoms with van der Waals surface area (Å²) in [5.74, 6) is -0.788. The molecule has 0 spiro atoms. The molecule has 32 heavy (non-hydrogen) atoms. The van der Waals surface area contributed by atoms with E-state index in [0.29, 0.717) is 17.7 Å². The van der Waals surface area contributed by atoms with Crippen LogP contribution in [0.15, 0.2) is 78.9 Å². The summed E-state index contributed by atoms with van der Waals surface area (Å²) in [6.45, 7) is 1.91. The van der Waals surface area contributed by atoms with Gasteiger partial charge in [-0.15, -0.1) is 0 Å². The van der Waals surface area contributed by atoms with E-state index in [2.05, 4.69) is 15.5 Å². The van der Waals surface area contributed by atoms with Gasteiger partial charge in [0.05, 0.1) is 5.56 Å². The number of carbonyl (C=O) groups excluding carboxylic acids is 2. The molecule has 0 aromatic heterocycles. The Morgan fingerprint density at radius 3 is 2.34 bits per heavy atom. The molecule has 1 fully saturated rings. The van der Waals surface area contributed by atoms with Crippen LogP contribution < -0.4 is 15.5 Å². The fraction of sp³-hybridized carbons (Fsp3) is 0.231. The van der Waals surface area contributed by atoms with E-state index in [-0.39, 0.29) is 17.9 Å². The molecule has 1 heterocycles. The molecule has 3 aromatic rings. The van der Waals surface area contributed by atoms with Crippen molar-refractivity contribution in [3.05, 3.63) is 101 Å². The van der Waals surface area contributed by atoms with Crippen LogP contribution in [0, 0.1) is 5.82 Å². The van der Waals surface area contributed by atoms with Crippen molar-refractivity contribution in [3.63, 3.8) is 0 Å². The van der Waals surface area contributed by atoms with E-state index in [0.717, 1.165) is 37.2 Å². The van der Waals surface area contributed by atoms with Gasteiger partial charge in [0.1, 0.15) is 5.82 Å². The Balaban J connectivity index is 1.35. The monoisotopic (exact) mass is 431 g/mol. The van der Waals surface area contributed by atoms with Gasteiger partial charge in [-0.1, -0.05) is 48.5 Å². The molecule has 0 bridgehead atoms. The molecular weight excluding hydrogens is 405 g/mol. The van der Waals surface area contributed by atoms with Crippen molar-refractivity contribution in [3.8, 4) is 0 Å². The van der Waals surface area contributed by atoms with Gasteiger partial charge in [0, 0.05) is 36.9 Å². The van der Waals surface area contributed by atoms with Gasteiger partial charge in [0.15, 0.2) is 0 Å². The first-order valence-electron chi connectivity index (χ1n) is 10.8. The second kappa shape index (κ2) is 10.1. The minimum atomic E-state index is -0.422. The topological polar surface area (TPSA) is 61.4 Å². The number of hydrogen-bond donors (Lipinski definition) is 2. The van der Waals surface area contributed by atoms with Crippen LogP contribution in [0.3, 0.4) is 0 Å². The molecule has 3 aromatic carbocycles. The lowest BCUT2D eigenvalue weighted by molar-refractivity contribution is 0.0929. The summed E-state index contributed by atoms with van der Waals surface area (Å²) in [5.41, 5.74) is 2.92. The van der Waals surface area contributed by atoms with Crippen LogP contribution in [0.1, 0.15) is 39.1 Å². The quantitative estimate of drug-likeness (QED) is 0.616. The lowest BCUT2D eigenvalue weighted by Crippen LogP contribution is -2.45. The van der Waals surface area contributed by atoms with E-state index in [1.807, 2.05) is 54.6 Å². The van der Waals surface area contributed by atoms with Crippen molar-refractivity contribution in [2.24, 2.45) is 0 Å². The minimum Gasteiger partial charge on any atom is -0.371 e. The van der Waals surface area contributed by atoms with Gasteiger partial charge >= 0.3 is 0 Å². The van der Waals surface area contributed by atoms with Crippen molar-refractivity contribution < 1.29 is 14.0 Å². The normalized spacial score (nSPS) is 14.1. The van der Waals surface area contributed by atoms with E-state index < -0.39 is 5.82 Å². The van der Waals surface area contributed by atoms with E-state index in [4.69, 9.17) is 0 Å². The van der Waals surface area contributed by atoms with Crippen molar-refractivity contribution in [1.29, 1.82) is 0 Å². The maximum absolute atomic E-state index is 13.4. The number of para-hydroxylation sites is 1. The number of rotatable bonds is 6. The molecule has 1 aliphatic rings. The predicted octanol–water partition coefficient (Wildman–Crippen LogP) is 4.15. The summed E-state index contributed by atoms with van der Waals surface area (Å²) >= 11 is 0. The molecule has 2 N–H and O–H groups in total. The van der Waals surface area contributed by atoms with Gasteiger partial charge in [-0.25, -0.2) is 4.39 Å². The average molecular weight is 432 g/mol. The minimum absolute atomic E-state index is 0.0149. The first-order chi connectivity index (χ1) is 15.6. The molecule has 2 amide bonds. The van der Waals surface area contributed by atoms with Gasteiger partial charge in [-0.2, -0.15) is 0 Å². The van der Waals surface area contributed by atoms with Gasteiger partial charge in [0.25, 0.3) is 11.8 Å². The Morgan fingerprint density at radius 1 is 0.875 bits per heavy atom. The van der Waals surface area contributed by atoms with E-state index in [9.17, 15) is 14.0 Å². The number of carbonyl (C=O) groups is 2. The van der Waals surface area contributed by atoms with Crippen molar-refractivity contribution >= 4 is 17.5 Å². The number of halogens is 1. The molecule has 4 rings (SSSR count). The largest absolute Gasteiger partial charge is 0.371 e. The Kier molecular flexibility index (Phi) is 6.80. The van der Waals surface area contributed by atoms with Gasteiger partial charge < -0.3 is 15.5 Å². The predicted molar refractivity (Wildman–Crippen MR) is 123 cm³/mol. The number of hydrogen-bond acceptors (Lipinski definition) is 3. The Morgan fingerprint density at radius 2 is 1.59 bits per heavy atom. The second-order valence-electron chi connectivity index (χ2n) is 7.93. The van der Waals surface area contributed by atoms with E-state index >= 15 is 0 Å². The smallest absolute Gasteiger partial charge is 0.253 e. The van der Waals surface area contributed by atoms with Crippen LogP contribution >= 0.6 is 0 Å². The molecule has 1 aliphatic heterocycles. The van der Waals surface area contributed by atoms with Crippen LogP contribution in [0.5, 0.6) is 0 Å². The number of anilines is 1. The van der Waals surface area contributed by atoms with Crippen LogP contribution in [0.2, 0.25) is 0 Å². The molecule has 0 unspecified atom stereocenters. The molecule has 6 heteroatoms. The molecule has 5 nitrogen and oxygen atoms in total. The average Bonchev–Trinajstić information content (AvgIpc) is 2.84. The first kappa shape index (κ1) is 21.6. The maximum Gasteiger partial charge on any atom is 0.253 e. The molecular formula is C26H26FN3O2. The number of nitrogens with one attached hydrogen (secondary N) is 2. The zero-order chi connectivity index (χ0) is 22.3. The van der Waals surface area contributed by atoms with Crippen molar-refractivity contribution in [2.75, 3.05) is 18.0 Å². The highest BCUT2D eigenvalue weighted by Gasteiger charge is 2.24. The number of nitrogens with zero attached hydrogens (tertiary/aromatic N) is 1. The summed E-state index contributed by atoms with van der Waals surface area (Å²) in [7, 11) is 0. The van der Waals surface area contributed by atoms with Gasteiger partial charge in [0.2, 0.25) is 0 Å². The third kappa shape index (κ3) is 5.32. The van der Waals surface area contributed by atoms with Crippen LogP contribution in [0.4, 0.5) is 10.1 Å². The lowest BCUT2D eigenvalue weighted by atomic mass is 10.0. The Bertz CT molecular complexity index is 1080. The fourth-order valence-electron chi connectivity index (χ4n) is 3.98. The molecule has 164 valence electrons. The Hall–Kier alpha value is -3.67. The zero-order valence-electron chi connectivity index (χ0n) is 17.8. The summed E-state index contributed by atoms with van der Waals surface area (Å²) in [4.78, 5) is 27.4. The van der Waals surface area contributed by atoms with Gasteiger partial charge in [-0.05, 0) is 48.7 Å². The highest BCUT2D eigenvalue weighted by molar-refractivity contribution is 5.99. The van der Waals surface area contributed by atoms with E-state index in [1.165, 1.54) is 18.2 Å². The number of benzene rings is 3. The third-order valence-corrected chi connectivity index (χ3v) is 5.70. The van der Waals surface area contributed by atoms with Crippen LogP contribution in [-0.4, -0.2) is 30.9 Å². The highest BCUT2D eigenvalue weighted by Crippen LogP contribution is 2.24. The number of amides is 2. The summed E-state index contributed by atoms with van der Waals surface area (Å²) in [6.07, 6.45) is 1.50. The zero-order valence-corrected chi connectivity index (χ0v) is 17.8. The molecule has 1 saturated heterocycles. The van der Waals surface area contributed by atoms with Crippen LogP contribution in [-0.2, 0) is 6.54 Å². The first-order valence-corrected chi connectivity index (χ1v) is 10.8. The highest BCUT2D eigenvalue weighted by atomic mass is 19.1. The van der Waals surface area contributed by atoms with Gasteiger partial charge in [-0.3, -0.25) is 9.59 Å². The van der Waals surface area contributed by atoms with Crippen molar-refractivity contribution in [1.82, 2.24) is 10.6 Å². The van der Waals surface area contributed by atoms with Crippen LogP contribution in [0.25, 0.3) is 0 Å². The van der Waals surface area contributed by atoms with E-state index in [1.54, 1.807) is 6.07 Å². The summed E-state index contributed by atoms with van der Waals surface area (Å²) in [6, 6.07) is 23.1. The lowest BCUT2D eigenvalue weighted by Gasteiger charge is -2.35. The number of piperidine rings is 1. The third-order valence-electron chi connectivity index (χ3n) is 5.70. The molecule has 0 radical (unpaired) electrons. The second-order valence-corrected chi connectivity index (χ2v) is 7.93. The fourth-order valence-corrected chi connectivity index (χ4v) is 3.98. The molecule has 0 aliphatic carbocycles. The summed E-state index contributed by atoms with van der Waals surface area (Å²) in [5, 5.41) is 6.00.